The molecule has 1 saturated heterocycles. The van der Waals surface area contributed by atoms with Gasteiger partial charge in [-0.15, -0.1) is 0 Å². The molecule has 138 valence electrons. The van der Waals surface area contributed by atoms with E-state index in [0.29, 0.717) is 12.6 Å². The van der Waals surface area contributed by atoms with E-state index < -0.39 is 0 Å². The number of hydrogen-bond acceptors (Lipinski definition) is 3. The van der Waals surface area contributed by atoms with E-state index in [-0.39, 0.29) is 17.7 Å². The molecule has 0 radical (unpaired) electrons. The molecule has 1 spiro atoms. The summed E-state index contributed by atoms with van der Waals surface area (Å²) in [5.41, 5.74) is 0.0452. The molecule has 3 fully saturated rings. The number of nitrogens with one attached hydrogen (secondary N) is 2. The average molecular weight is 338 g/mol. The third kappa shape index (κ3) is 5.35. The van der Waals surface area contributed by atoms with Gasteiger partial charge in [-0.2, -0.15) is 0 Å². The van der Waals surface area contributed by atoms with E-state index in [2.05, 4.69) is 10.6 Å². The highest BCUT2D eigenvalue weighted by atomic mass is 16.5. The van der Waals surface area contributed by atoms with Crippen LogP contribution in [0.1, 0.15) is 77.0 Å². The van der Waals surface area contributed by atoms with Crippen LogP contribution in [0.15, 0.2) is 0 Å². The largest absolute Gasteiger partial charge is 0.378 e. The average Bonchev–Trinajstić information content (AvgIpc) is 3.09. The summed E-state index contributed by atoms with van der Waals surface area (Å²) in [6, 6.07) is 0.223. The minimum Gasteiger partial charge on any atom is -0.378 e. The van der Waals surface area contributed by atoms with Crippen LogP contribution in [0.4, 0.5) is 4.79 Å². The zero-order valence-electron chi connectivity index (χ0n) is 15.0. The predicted octanol–water partition coefficient (Wildman–Crippen LogP) is 3.52. The number of carbonyl (C=O) groups is 1. The molecule has 1 heterocycles. The molecule has 5 nitrogen and oxygen atoms in total. The molecular weight excluding hydrogens is 304 g/mol. The minimum atomic E-state index is -0.0336. The Hall–Kier alpha value is -0.810. The van der Waals surface area contributed by atoms with E-state index in [1.807, 2.05) is 0 Å². The number of ether oxygens (including phenoxy) is 2. The van der Waals surface area contributed by atoms with Gasteiger partial charge < -0.3 is 20.1 Å². The maximum absolute atomic E-state index is 12.1. The van der Waals surface area contributed by atoms with Crippen molar-refractivity contribution >= 4 is 6.03 Å². The molecule has 2 aliphatic carbocycles. The SMILES string of the molecule is O=C(NCCCOC1CCCC1)NC1CCOC2(CCCCC2)C1. The molecule has 5 heteroatoms. The monoisotopic (exact) mass is 338 g/mol. The normalized spacial score (nSPS) is 27.2. The van der Waals surface area contributed by atoms with Crippen molar-refractivity contribution in [3.8, 4) is 0 Å². The van der Waals surface area contributed by atoms with E-state index >= 15 is 0 Å². The van der Waals surface area contributed by atoms with Crippen LogP contribution in [0.25, 0.3) is 0 Å². The van der Waals surface area contributed by atoms with Gasteiger partial charge in [-0.05, 0) is 44.9 Å². The Labute approximate surface area is 146 Å². The lowest BCUT2D eigenvalue weighted by Crippen LogP contribution is -2.51. The fraction of sp³-hybridized carbons (Fsp3) is 0.947. The van der Waals surface area contributed by atoms with Crippen molar-refractivity contribution < 1.29 is 14.3 Å². The second-order valence-electron chi connectivity index (χ2n) is 7.81. The first-order valence-corrected chi connectivity index (χ1v) is 10.1. The van der Waals surface area contributed by atoms with Crippen molar-refractivity contribution in [1.29, 1.82) is 0 Å². The summed E-state index contributed by atoms with van der Waals surface area (Å²) in [5, 5.41) is 6.13. The van der Waals surface area contributed by atoms with Crippen LogP contribution in [0.5, 0.6) is 0 Å². The van der Waals surface area contributed by atoms with Gasteiger partial charge in [0, 0.05) is 25.8 Å². The van der Waals surface area contributed by atoms with Crippen LogP contribution in [0.3, 0.4) is 0 Å². The second-order valence-corrected chi connectivity index (χ2v) is 7.81. The Morgan fingerprint density at radius 3 is 2.67 bits per heavy atom. The Morgan fingerprint density at radius 1 is 1.08 bits per heavy atom. The summed E-state index contributed by atoms with van der Waals surface area (Å²) in [5.74, 6) is 0. The third-order valence-corrected chi connectivity index (χ3v) is 5.86. The van der Waals surface area contributed by atoms with Crippen molar-refractivity contribution in [1.82, 2.24) is 10.6 Å². The van der Waals surface area contributed by atoms with Gasteiger partial charge in [0.1, 0.15) is 0 Å². The predicted molar refractivity (Wildman–Crippen MR) is 94.1 cm³/mol. The van der Waals surface area contributed by atoms with Crippen LogP contribution in [-0.2, 0) is 9.47 Å². The van der Waals surface area contributed by atoms with Crippen LogP contribution in [-0.4, -0.2) is 43.5 Å². The number of carbonyl (C=O) groups excluding carboxylic acids is 1. The highest BCUT2D eigenvalue weighted by molar-refractivity contribution is 5.74. The molecule has 1 aliphatic heterocycles. The molecule has 0 aromatic rings. The smallest absolute Gasteiger partial charge is 0.315 e. The zero-order chi connectivity index (χ0) is 16.7. The number of amides is 2. The summed E-state index contributed by atoms with van der Waals surface area (Å²) in [6.07, 6.45) is 14.5. The van der Waals surface area contributed by atoms with Gasteiger partial charge in [0.25, 0.3) is 0 Å². The molecule has 3 aliphatic rings. The summed E-state index contributed by atoms with van der Waals surface area (Å²) in [6.45, 7) is 2.22. The van der Waals surface area contributed by atoms with E-state index in [4.69, 9.17) is 9.47 Å². The molecular formula is C19H34N2O3. The molecule has 1 atom stereocenters. The molecule has 0 aromatic carbocycles. The zero-order valence-corrected chi connectivity index (χ0v) is 15.0. The van der Waals surface area contributed by atoms with Crippen LogP contribution < -0.4 is 10.6 Å². The third-order valence-electron chi connectivity index (χ3n) is 5.86. The van der Waals surface area contributed by atoms with Gasteiger partial charge in [-0.1, -0.05) is 32.1 Å². The Bertz CT molecular complexity index is 385. The molecule has 3 rings (SSSR count). The van der Waals surface area contributed by atoms with Gasteiger partial charge in [0.2, 0.25) is 0 Å². The first-order chi connectivity index (χ1) is 11.8. The second kappa shape index (κ2) is 9.04. The van der Waals surface area contributed by atoms with Crippen molar-refractivity contribution in [2.75, 3.05) is 19.8 Å². The van der Waals surface area contributed by atoms with E-state index in [1.54, 1.807) is 0 Å². The first kappa shape index (κ1) is 18.0. The summed E-state index contributed by atoms with van der Waals surface area (Å²) >= 11 is 0. The maximum atomic E-state index is 12.1. The van der Waals surface area contributed by atoms with Crippen molar-refractivity contribution in [2.45, 2.75) is 94.8 Å². The lowest BCUT2D eigenvalue weighted by Gasteiger charge is -2.43. The van der Waals surface area contributed by atoms with Crippen LogP contribution >= 0.6 is 0 Å². The van der Waals surface area contributed by atoms with E-state index in [9.17, 15) is 4.79 Å². The fourth-order valence-electron chi connectivity index (χ4n) is 4.51. The number of hydrogen-bond donors (Lipinski definition) is 2. The molecule has 0 aromatic heterocycles. The molecule has 2 saturated carbocycles. The van der Waals surface area contributed by atoms with Gasteiger partial charge >= 0.3 is 6.03 Å². The number of rotatable bonds is 6. The lowest BCUT2D eigenvalue weighted by atomic mass is 9.78. The maximum Gasteiger partial charge on any atom is 0.315 e. The fourth-order valence-corrected chi connectivity index (χ4v) is 4.51. The van der Waals surface area contributed by atoms with Crippen molar-refractivity contribution in [2.24, 2.45) is 0 Å². The Balaban J connectivity index is 1.28. The molecule has 1 unspecified atom stereocenters. The van der Waals surface area contributed by atoms with Gasteiger partial charge in [0.05, 0.1) is 11.7 Å². The standard InChI is InChI=1S/C19H34N2O3/c22-18(20-12-6-13-23-17-7-2-3-8-17)21-16-9-14-24-19(15-16)10-4-1-5-11-19/h16-17H,1-15H2,(H2,20,21,22). The topological polar surface area (TPSA) is 59.6 Å². The molecule has 2 N–H and O–H groups in total. The summed E-state index contributed by atoms with van der Waals surface area (Å²) in [4.78, 5) is 12.1. The van der Waals surface area contributed by atoms with Crippen LogP contribution in [0.2, 0.25) is 0 Å². The molecule has 0 bridgehead atoms. The lowest BCUT2D eigenvalue weighted by molar-refractivity contribution is -0.107. The summed E-state index contributed by atoms with van der Waals surface area (Å²) in [7, 11) is 0. The first-order valence-electron chi connectivity index (χ1n) is 10.1. The van der Waals surface area contributed by atoms with E-state index in [1.165, 1.54) is 44.9 Å². The van der Waals surface area contributed by atoms with Crippen LogP contribution in [0, 0.1) is 0 Å². The Kier molecular flexibility index (Phi) is 6.78. The number of urea groups is 1. The van der Waals surface area contributed by atoms with Gasteiger partial charge in [0.15, 0.2) is 0 Å². The van der Waals surface area contributed by atoms with Crippen molar-refractivity contribution in [3.05, 3.63) is 0 Å². The quantitative estimate of drug-likeness (QED) is 0.729. The highest BCUT2D eigenvalue weighted by Crippen LogP contribution is 2.38. The highest BCUT2D eigenvalue weighted by Gasteiger charge is 2.38. The Morgan fingerprint density at radius 2 is 1.88 bits per heavy atom. The van der Waals surface area contributed by atoms with Gasteiger partial charge in [-0.3, -0.25) is 0 Å². The van der Waals surface area contributed by atoms with Crippen molar-refractivity contribution in [3.63, 3.8) is 0 Å². The van der Waals surface area contributed by atoms with Gasteiger partial charge in [-0.25, -0.2) is 4.79 Å². The van der Waals surface area contributed by atoms with E-state index in [0.717, 1.165) is 45.3 Å². The minimum absolute atomic E-state index is 0.0336. The summed E-state index contributed by atoms with van der Waals surface area (Å²) < 4.78 is 11.9. The molecule has 2 amide bonds. The molecule has 24 heavy (non-hydrogen) atoms.